The van der Waals surface area contributed by atoms with Crippen LogP contribution in [0.15, 0.2) is 36.8 Å². The van der Waals surface area contributed by atoms with Crippen LogP contribution in [0.5, 0.6) is 0 Å². The van der Waals surface area contributed by atoms with Crippen molar-refractivity contribution < 1.29 is 9.59 Å². The number of amides is 2. The summed E-state index contributed by atoms with van der Waals surface area (Å²) in [5, 5.41) is 0. The molecule has 1 aliphatic carbocycles. The first-order valence-electron chi connectivity index (χ1n) is 11.6. The Bertz CT molecular complexity index is 978. The summed E-state index contributed by atoms with van der Waals surface area (Å²) in [5.74, 6) is 1.03. The zero-order chi connectivity index (χ0) is 21.6. The van der Waals surface area contributed by atoms with Crippen molar-refractivity contribution in [3.8, 4) is 0 Å². The lowest BCUT2D eigenvalue weighted by Gasteiger charge is -2.39. The molecule has 1 aromatic heterocycles. The van der Waals surface area contributed by atoms with Crippen molar-refractivity contribution in [1.82, 2.24) is 19.4 Å². The van der Waals surface area contributed by atoms with Crippen molar-refractivity contribution in [3.63, 3.8) is 0 Å². The van der Waals surface area contributed by atoms with E-state index in [2.05, 4.69) is 16.8 Å². The fourth-order valence-corrected chi connectivity index (χ4v) is 5.37. The number of imidazole rings is 1. The second-order valence-corrected chi connectivity index (χ2v) is 9.95. The summed E-state index contributed by atoms with van der Waals surface area (Å²) in [6.45, 7) is 4.32. The average Bonchev–Trinajstić information content (AvgIpc) is 3.33. The Morgan fingerprint density at radius 2 is 2.00 bits per heavy atom. The van der Waals surface area contributed by atoms with Gasteiger partial charge in [-0.15, -0.1) is 0 Å². The minimum atomic E-state index is -0.460. The second kappa shape index (κ2) is 7.81. The van der Waals surface area contributed by atoms with E-state index in [0.717, 1.165) is 37.2 Å². The molecule has 3 fully saturated rings. The lowest BCUT2D eigenvalue weighted by Crippen LogP contribution is -2.51. The third-order valence-corrected chi connectivity index (χ3v) is 7.30. The molecule has 1 aromatic carbocycles. The minimum Gasteiger partial charge on any atom is -0.342 e. The van der Waals surface area contributed by atoms with Crippen molar-refractivity contribution in [2.45, 2.75) is 51.5 Å². The summed E-state index contributed by atoms with van der Waals surface area (Å²) in [7, 11) is 1.95. The van der Waals surface area contributed by atoms with Crippen LogP contribution in [0.4, 0.5) is 0 Å². The van der Waals surface area contributed by atoms with Crippen LogP contribution in [0.25, 0.3) is 0 Å². The van der Waals surface area contributed by atoms with Crippen LogP contribution in [0.2, 0.25) is 0 Å². The summed E-state index contributed by atoms with van der Waals surface area (Å²) >= 11 is 0. The summed E-state index contributed by atoms with van der Waals surface area (Å²) in [4.78, 5) is 35.7. The number of hydrogen-bond donors (Lipinski definition) is 0. The lowest BCUT2D eigenvalue weighted by molar-refractivity contribution is -0.146. The maximum Gasteiger partial charge on any atom is 0.230 e. The molecule has 6 heteroatoms. The molecule has 2 amide bonds. The normalized spacial score (nSPS) is 26.1. The highest BCUT2D eigenvalue weighted by atomic mass is 16.2. The quantitative estimate of drug-likeness (QED) is 0.746. The lowest BCUT2D eigenvalue weighted by atomic mass is 9.76. The van der Waals surface area contributed by atoms with Gasteiger partial charge in [-0.3, -0.25) is 9.59 Å². The Hall–Kier alpha value is -2.63. The molecular weight excluding hydrogens is 388 g/mol. The van der Waals surface area contributed by atoms with Crippen LogP contribution in [0.1, 0.15) is 55.0 Å². The predicted octanol–water partition coefficient (Wildman–Crippen LogP) is 3.26. The number of rotatable bonds is 5. The Morgan fingerprint density at radius 1 is 1.23 bits per heavy atom. The Kier molecular flexibility index (Phi) is 5.11. The molecule has 0 radical (unpaired) electrons. The highest BCUT2D eigenvalue weighted by Crippen LogP contribution is 2.49. The molecular formula is C25H32N4O2. The predicted molar refractivity (Wildman–Crippen MR) is 118 cm³/mol. The molecule has 1 saturated carbocycles. The maximum absolute atomic E-state index is 13.6. The fourth-order valence-electron chi connectivity index (χ4n) is 5.37. The maximum atomic E-state index is 13.6. The van der Waals surface area contributed by atoms with Gasteiger partial charge in [0.05, 0.1) is 29.9 Å². The van der Waals surface area contributed by atoms with E-state index in [1.54, 1.807) is 6.33 Å². The number of piperidine rings is 1. The van der Waals surface area contributed by atoms with Crippen molar-refractivity contribution in [3.05, 3.63) is 53.6 Å². The molecule has 164 valence electrons. The van der Waals surface area contributed by atoms with E-state index in [1.807, 2.05) is 47.0 Å². The standard InChI is InChI=1S/C25H32N4O2/c1-18-4-6-19(7-5-18)12-23(30)29-16-25(13-22(29)21-15-27(2)17-26-21)10-3-11-28(24(25)31)14-20-8-9-20/h4-7,15,17,20,22H,3,8-14,16H2,1-2H3/t22-,25-/m0/s1. The van der Waals surface area contributed by atoms with Gasteiger partial charge in [-0.1, -0.05) is 29.8 Å². The molecule has 0 unspecified atom stereocenters. The first kappa shape index (κ1) is 20.3. The van der Waals surface area contributed by atoms with Gasteiger partial charge < -0.3 is 14.4 Å². The average molecular weight is 421 g/mol. The number of nitrogens with zero attached hydrogens (tertiary/aromatic N) is 4. The summed E-state index contributed by atoms with van der Waals surface area (Å²) < 4.78 is 1.92. The topological polar surface area (TPSA) is 58.4 Å². The van der Waals surface area contributed by atoms with E-state index >= 15 is 0 Å². The van der Waals surface area contributed by atoms with Gasteiger partial charge in [0.2, 0.25) is 11.8 Å². The first-order chi connectivity index (χ1) is 14.9. The molecule has 2 aromatic rings. The van der Waals surface area contributed by atoms with E-state index in [1.165, 1.54) is 18.4 Å². The Balaban J connectivity index is 1.41. The first-order valence-corrected chi connectivity index (χ1v) is 11.6. The highest BCUT2D eigenvalue weighted by Gasteiger charge is 2.54. The van der Waals surface area contributed by atoms with E-state index < -0.39 is 5.41 Å². The van der Waals surface area contributed by atoms with Crippen molar-refractivity contribution in [2.75, 3.05) is 19.6 Å². The largest absolute Gasteiger partial charge is 0.342 e. The van der Waals surface area contributed by atoms with Gasteiger partial charge in [0, 0.05) is 32.9 Å². The third kappa shape index (κ3) is 4.00. The molecule has 5 rings (SSSR count). The van der Waals surface area contributed by atoms with E-state index in [9.17, 15) is 9.59 Å². The number of benzene rings is 1. The zero-order valence-corrected chi connectivity index (χ0v) is 18.6. The van der Waals surface area contributed by atoms with E-state index in [-0.39, 0.29) is 17.9 Å². The van der Waals surface area contributed by atoms with Crippen LogP contribution in [-0.2, 0) is 23.1 Å². The van der Waals surface area contributed by atoms with Crippen molar-refractivity contribution in [2.24, 2.45) is 18.4 Å². The second-order valence-electron chi connectivity index (χ2n) is 9.95. The van der Waals surface area contributed by atoms with Crippen LogP contribution >= 0.6 is 0 Å². The monoisotopic (exact) mass is 420 g/mol. The van der Waals surface area contributed by atoms with Crippen LogP contribution in [-0.4, -0.2) is 50.8 Å². The zero-order valence-electron chi connectivity index (χ0n) is 18.6. The number of carbonyl (C=O) groups excluding carboxylic acids is 2. The van der Waals surface area contributed by atoms with Gasteiger partial charge in [0.25, 0.3) is 0 Å². The van der Waals surface area contributed by atoms with Crippen LogP contribution in [0.3, 0.4) is 0 Å². The number of carbonyl (C=O) groups is 2. The molecule has 31 heavy (non-hydrogen) atoms. The molecule has 0 N–H and O–H groups in total. The van der Waals surface area contributed by atoms with E-state index in [0.29, 0.717) is 25.3 Å². The van der Waals surface area contributed by atoms with Crippen molar-refractivity contribution >= 4 is 11.8 Å². The van der Waals surface area contributed by atoms with Crippen LogP contribution < -0.4 is 0 Å². The molecule has 0 bridgehead atoms. The molecule has 2 atom stereocenters. The number of aryl methyl sites for hydroxylation is 2. The van der Waals surface area contributed by atoms with Gasteiger partial charge in [-0.25, -0.2) is 4.98 Å². The van der Waals surface area contributed by atoms with Gasteiger partial charge in [-0.05, 0) is 50.5 Å². The third-order valence-electron chi connectivity index (χ3n) is 7.30. The number of aromatic nitrogens is 2. The molecule has 6 nitrogen and oxygen atoms in total. The van der Waals surface area contributed by atoms with Crippen molar-refractivity contribution in [1.29, 1.82) is 0 Å². The SMILES string of the molecule is Cc1ccc(CC(=O)N2C[C@]3(CCCN(CC4CC4)C3=O)C[C@H]2c2cn(C)cn2)cc1. The summed E-state index contributed by atoms with van der Waals surface area (Å²) in [6.07, 6.45) is 9.19. The van der Waals surface area contributed by atoms with Gasteiger partial charge >= 0.3 is 0 Å². The summed E-state index contributed by atoms with van der Waals surface area (Å²) in [6, 6.07) is 8.01. The van der Waals surface area contributed by atoms with Gasteiger partial charge in [0.15, 0.2) is 0 Å². The molecule has 2 aliphatic heterocycles. The van der Waals surface area contributed by atoms with Crippen LogP contribution in [0, 0.1) is 18.3 Å². The molecule has 1 spiro atoms. The Morgan fingerprint density at radius 3 is 2.68 bits per heavy atom. The molecule has 3 aliphatic rings. The minimum absolute atomic E-state index is 0.0866. The number of hydrogen-bond acceptors (Lipinski definition) is 3. The summed E-state index contributed by atoms with van der Waals surface area (Å²) in [5.41, 5.74) is 2.63. The highest BCUT2D eigenvalue weighted by molar-refractivity contribution is 5.87. The smallest absolute Gasteiger partial charge is 0.230 e. The van der Waals surface area contributed by atoms with Gasteiger partial charge in [0.1, 0.15) is 0 Å². The number of likely N-dealkylation sites (tertiary alicyclic amines) is 2. The molecule has 3 heterocycles. The molecule has 2 saturated heterocycles. The van der Waals surface area contributed by atoms with Gasteiger partial charge in [-0.2, -0.15) is 0 Å². The van der Waals surface area contributed by atoms with E-state index in [4.69, 9.17) is 0 Å². The fraction of sp³-hybridized carbons (Fsp3) is 0.560. The Labute approximate surface area is 184 Å².